The molecule has 6 rings (SSSR count). The van der Waals surface area contributed by atoms with Crippen LogP contribution in [0.3, 0.4) is 0 Å². The van der Waals surface area contributed by atoms with E-state index < -0.39 is 6.04 Å². The number of hydrogen-bond acceptors (Lipinski definition) is 5. The number of piperazine rings is 1. The van der Waals surface area contributed by atoms with E-state index in [1.807, 2.05) is 6.92 Å². The molecule has 1 amide bonds. The van der Waals surface area contributed by atoms with Crippen LogP contribution in [0.2, 0.25) is 0 Å². The first-order valence-corrected chi connectivity index (χ1v) is 17.9. The number of carbonyl (C=O) groups excluding carboxylic acids is 1. The number of hydrogen-bond donors (Lipinski definition) is 3. The van der Waals surface area contributed by atoms with E-state index in [2.05, 4.69) is 70.1 Å². The molecule has 3 heterocycles. The number of benzene rings is 2. The van der Waals surface area contributed by atoms with Gasteiger partial charge in [0.25, 0.3) is 0 Å². The Morgan fingerprint density at radius 1 is 1.04 bits per heavy atom. The Hall–Kier alpha value is -2.48. The molecule has 0 bridgehead atoms. The van der Waals surface area contributed by atoms with Gasteiger partial charge in [-0.2, -0.15) is 0 Å². The molecule has 4 aliphatic rings. The summed E-state index contributed by atoms with van der Waals surface area (Å²) in [5.41, 5.74) is 3.49. The van der Waals surface area contributed by atoms with Crippen molar-refractivity contribution >= 4 is 11.6 Å². The molecule has 1 aliphatic carbocycles. The highest BCUT2D eigenvalue weighted by Crippen LogP contribution is 2.45. The minimum atomic E-state index is -0.463. The van der Waals surface area contributed by atoms with Crippen molar-refractivity contribution in [3.63, 3.8) is 0 Å². The van der Waals surface area contributed by atoms with Gasteiger partial charge in [-0.1, -0.05) is 69.0 Å². The van der Waals surface area contributed by atoms with E-state index in [1.54, 1.807) is 6.07 Å². The molecule has 1 saturated carbocycles. The Bertz CT molecular complexity index is 1240. The molecule has 3 aliphatic heterocycles. The molecule has 2 aromatic rings. The number of aryl methyl sites for hydroxylation is 1. The number of piperidine rings is 1. The summed E-state index contributed by atoms with van der Waals surface area (Å²) in [6.07, 6.45) is 11.2. The van der Waals surface area contributed by atoms with E-state index in [-0.39, 0.29) is 23.3 Å². The summed E-state index contributed by atoms with van der Waals surface area (Å²) in [4.78, 5) is 19.3. The largest absolute Gasteiger partial charge is 0.373 e. The molecule has 2 saturated heterocycles. The highest BCUT2D eigenvalue weighted by molar-refractivity contribution is 5.88. The van der Waals surface area contributed by atoms with Crippen LogP contribution in [-0.2, 0) is 17.6 Å². The average molecular weight is 618 g/mol. The summed E-state index contributed by atoms with van der Waals surface area (Å²) in [5, 5.41) is 11.3. The molecule has 45 heavy (non-hydrogen) atoms. The maximum atomic E-state index is 14.8. The van der Waals surface area contributed by atoms with Crippen molar-refractivity contribution in [2.24, 2.45) is 17.8 Å². The third-order valence-electron chi connectivity index (χ3n) is 11.9. The van der Waals surface area contributed by atoms with Crippen molar-refractivity contribution in [3.8, 4) is 0 Å². The Balaban J connectivity index is 1.25. The highest BCUT2D eigenvalue weighted by atomic mass is 19.1. The van der Waals surface area contributed by atoms with E-state index in [9.17, 15) is 9.18 Å². The first-order valence-electron chi connectivity index (χ1n) is 17.9. The quantitative estimate of drug-likeness (QED) is 0.311. The molecule has 5 unspecified atom stereocenters. The van der Waals surface area contributed by atoms with Crippen molar-refractivity contribution in [2.45, 2.75) is 95.7 Å². The minimum Gasteiger partial charge on any atom is -0.373 e. The molecular formula is C38H56FN5O. The van der Waals surface area contributed by atoms with Gasteiger partial charge >= 0.3 is 0 Å². The van der Waals surface area contributed by atoms with Crippen LogP contribution < -0.4 is 16.0 Å². The number of nitrogens with one attached hydrogen (secondary N) is 3. The summed E-state index contributed by atoms with van der Waals surface area (Å²) in [7, 11) is 2.22. The Morgan fingerprint density at radius 2 is 1.78 bits per heavy atom. The van der Waals surface area contributed by atoms with Crippen LogP contribution in [0.1, 0.15) is 75.0 Å². The molecule has 246 valence electrons. The van der Waals surface area contributed by atoms with Gasteiger partial charge in [-0.3, -0.25) is 4.79 Å². The number of fused-ring (bicyclic) bond motifs is 1. The second-order valence-electron chi connectivity index (χ2n) is 14.8. The van der Waals surface area contributed by atoms with E-state index >= 15 is 0 Å². The maximum absolute atomic E-state index is 14.8. The molecule has 2 aromatic carbocycles. The predicted octanol–water partition coefficient (Wildman–Crippen LogP) is 5.79. The van der Waals surface area contributed by atoms with Crippen LogP contribution in [0.5, 0.6) is 0 Å². The lowest BCUT2D eigenvalue weighted by atomic mass is 9.61. The van der Waals surface area contributed by atoms with E-state index in [0.717, 1.165) is 37.3 Å². The number of halogens is 1. The van der Waals surface area contributed by atoms with Crippen LogP contribution in [0.4, 0.5) is 10.1 Å². The zero-order valence-corrected chi connectivity index (χ0v) is 27.9. The number of rotatable bonds is 9. The lowest BCUT2D eigenvalue weighted by Gasteiger charge is -2.55. The Kier molecular flexibility index (Phi) is 10.5. The van der Waals surface area contributed by atoms with Crippen LogP contribution in [0.15, 0.2) is 42.5 Å². The van der Waals surface area contributed by atoms with Gasteiger partial charge in [0, 0.05) is 49.4 Å². The third-order valence-corrected chi connectivity index (χ3v) is 11.9. The molecule has 5 atom stereocenters. The van der Waals surface area contributed by atoms with Gasteiger partial charge in [0.05, 0.1) is 6.04 Å². The number of nitrogens with zero attached hydrogens (tertiary/aromatic N) is 2. The van der Waals surface area contributed by atoms with Crippen molar-refractivity contribution in [1.82, 2.24) is 20.4 Å². The molecule has 3 N–H and O–H groups in total. The Morgan fingerprint density at radius 3 is 2.47 bits per heavy atom. The summed E-state index contributed by atoms with van der Waals surface area (Å²) < 4.78 is 14.8. The molecule has 0 spiro atoms. The van der Waals surface area contributed by atoms with Crippen molar-refractivity contribution in [3.05, 3.63) is 65.0 Å². The summed E-state index contributed by atoms with van der Waals surface area (Å²) in [6.45, 7) is 11.3. The van der Waals surface area contributed by atoms with Crippen LogP contribution in [0.25, 0.3) is 0 Å². The molecular weight excluding hydrogens is 561 g/mol. The number of anilines is 1. The smallest absolute Gasteiger partial charge is 0.243 e. The van der Waals surface area contributed by atoms with Crippen LogP contribution in [0, 0.1) is 30.5 Å². The first kappa shape index (κ1) is 32.5. The second-order valence-corrected chi connectivity index (χ2v) is 14.8. The van der Waals surface area contributed by atoms with Gasteiger partial charge in [0.2, 0.25) is 5.91 Å². The molecule has 0 aromatic heterocycles. The number of amides is 1. The standard InChI is InChI=1S/C38H56FN5O/c1-27-15-16-33(39)32-25-34(41-36(27)32)37(45)42-35(24-29-11-7-6-8-12-29)38(31-13-9-4-5-10-14-31)28(2)23-30(26-40-38)17-18-44-21-19-43(3)20-22-44/h6-8,11-12,15-16,28,30-31,34-35,40-41H,4-5,9-10,13-14,17-26H2,1-3H3,(H,42,45). The summed E-state index contributed by atoms with van der Waals surface area (Å²) in [5.74, 6) is 1.35. The van der Waals surface area contributed by atoms with Gasteiger partial charge in [-0.05, 0) is 94.1 Å². The fraction of sp³-hybridized carbons (Fsp3) is 0.658. The van der Waals surface area contributed by atoms with Crippen LogP contribution >= 0.6 is 0 Å². The molecule has 7 heteroatoms. The molecule has 0 radical (unpaired) electrons. The summed E-state index contributed by atoms with van der Waals surface area (Å²) >= 11 is 0. The predicted molar refractivity (Wildman–Crippen MR) is 182 cm³/mol. The fourth-order valence-electron chi connectivity index (χ4n) is 9.17. The monoisotopic (exact) mass is 617 g/mol. The van der Waals surface area contributed by atoms with E-state index in [1.165, 1.54) is 82.6 Å². The van der Waals surface area contributed by atoms with Gasteiger partial charge in [0.1, 0.15) is 11.9 Å². The number of carbonyl (C=O) groups is 1. The lowest BCUT2D eigenvalue weighted by molar-refractivity contribution is -0.124. The van der Waals surface area contributed by atoms with Crippen molar-refractivity contribution in [2.75, 3.05) is 51.6 Å². The lowest BCUT2D eigenvalue weighted by Crippen LogP contribution is -2.72. The summed E-state index contributed by atoms with van der Waals surface area (Å²) in [6, 6.07) is 13.5. The van der Waals surface area contributed by atoms with E-state index in [4.69, 9.17) is 0 Å². The fourth-order valence-corrected chi connectivity index (χ4v) is 9.17. The maximum Gasteiger partial charge on any atom is 0.243 e. The molecule has 3 fully saturated rings. The van der Waals surface area contributed by atoms with E-state index in [0.29, 0.717) is 29.7 Å². The topological polar surface area (TPSA) is 59.6 Å². The minimum absolute atomic E-state index is 0.00915. The van der Waals surface area contributed by atoms with Gasteiger partial charge < -0.3 is 25.8 Å². The SMILES string of the molecule is Cc1ccc(F)c2c1NC(C(=O)NC(Cc1ccccc1)C1(C3CCCCCC3)NCC(CCN3CCN(C)CC3)CC1C)C2. The zero-order chi connectivity index (χ0) is 31.4. The number of likely N-dealkylation sites (N-methyl/N-ethyl adjacent to an activating group) is 1. The Labute approximate surface area is 270 Å². The van der Waals surface area contributed by atoms with Crippen LogP contribution in [-0.4, -0.2) is 79.6 Å². The highest BCUT2D eigenvalue weighted by Gasteiger charge is 2.52. The second kappa shape index (κ2) is 14.5. The first-order chi connectivity index (χ1) is 21.8. The molecule has 6 nitrogen and oxygen atoms in total. The van der Waals surface area contributed by atoms with Gasteiger partial charge in [0.15, 0.2) is 0 Å². The zero-order valence-electron chi connectivity index (χ0n) is 27.9. The average Bonchev–Trinajstić information content (AvgIpc) is 3.34. The normalized spacial score (nSPS) is 29.0. The van der Waals surface area contributed by atoms with Gasteiger partial charge in [-0.15, -0.1) is 0 Å². The van der Waals surface area contributed by atoms with Gasteiger partial charge in [-0.25, -0.2) is 4.39 Å². The van der Waals surface area contributed by atoms with Crippen molar-refractivity contribution in [1.29, 1.82) is 0 Å². The third kappa shape index (κ3) is 7.26. The van der Waals surface area contributed by atoms with Crippen molar-refractivity contribution < 1.29 is 9.18 Å².